The number of carboxylic acid groups (broad SMARTS) is 1. The first-order valence-corrected chi connectivity index (χ1v) is 11.7. The summed E-state index contributed by atoms with van der Waals surface area (Å²) in [5, 5.41) is 9.74. The number of nitrogens with zero attached hydrogens (tertiary/aromatic N) is 2. The molecule has 1 atom stereocenters. The highest BCUT2D eigenvalue weighted by Gasteiger charge is 2.37. The standard InChI is InChI=1S/C22H34N2O5S/c1-6-9-17-29-19-11-13-20(14-12-19)30(27,28)24(21(18(4)5)22(25)26)16-10-15-23(7-2)8-3/h11-14,18,21H,7-8,10,15-17H2,1-5H3,(H,25,26)/t21-/m0/s1. The van der Waals surface area contributed by atoms with Gasteiger partial charge in [0, 0.05) is 6.54 Å². The molecule has 1 rings (SSSR count). The molecule has 0 radical (unpaired) electrons. The van der Waals surface area contributed by atoms with Gasteiger partial charge in [0.2, 0.25) is 10.0 Å². The Labute approximate surface area is 181 Å². The van der Waals surface area contributed by atoms with Crippen molar-refractivity contribution in [3.05, 3.63) is 24.3 Å². The minimum atomic E-state index is -3.99. The van der Waals surface area contributed by atoms with Gasteiger partial charge in [0.1, 0.15) is 18.4 Å². The topological polar surface area (TPSA) is 87.2 Å². The molecule has 0 aromatic heterocycles. The van der Waals surface area contributed by atoms with Crippen molar-refractivity contribution in [3.63, 3.8) is 0 Å². The third-order valence-corrected chi connectivity index (χ3v) is 6.76. The maximum atomic E-state index is 13.4. The Morgan fingerprint density at radius 1 is 1.13 bits per heavy atom. The first-order chi connectivity index (χ1) is 14.2. The Morgan fingerprint density at radius 2 is 1.73 bits per heavy atom. The zero-order valence-electron chi connectivity index (χ0n) is 18.6. The number of carbonyl (C=O) groups is 1. The average Bonchev–Trinajstić information content (AvgIpc) is 2.70. The van der Waals surface area contributed by atoms with E-state index in [0.717, 1.165) is 17.4 Å². The summed E-state index contributed by atoms with van der Waals surface area (Å²) in [5.41, 5.74) is 0. The molecule has 7 nitrogen and oxygen atoms in total. The van der Waals surface area contributed by atoms with Crippen LogP contribution in [0.25, 0.3) is 0 Å². The van der Waals surface area contributed by atoms with Gasteiger partial charge in [0.05, 0.1) is 4.90 Å². The van der Waals surface area contributed by atoms with E-state index in [4.69, 9.17) is 4.74 Å². The van der Waals surface area contributed by atoms with E-state index in [1.807, 2.05) is 13.8 Å². The fourth-order valence-corrected chi connectivity index (χ4v) is 4.93. The van der Waals surface area contributed by atoms with Gasteiger partial charge in [-0.1, -0.05) is 33.6 Å². The molecule has 1 aromatic carbocycles. The van der Waals surface area contributed by atoms with Crippen LogP contribution in [0.3, 0.4) is 0 Å². The van der Waals surface area contributed by atoms with E-state index in [2.05, 4.69) is 16.7 Å². The van der Waals surface area contributed by atoms with Crippen LogP contribution in [-0.4, -0.2) is 67.5 Å². The summed E-state index contributed by atoms with van der Waals surface area (Å²) in [6.07, 6.45) is 0.550. The van der Waals surface area contributed by atoms with E-state index < -0.39 is 22.0 Å². The maximum Gasteiger partial charge on any atom is 0.322 e. The maximum absolute atomic E-state index is 13.4. The van der Waals surface area contributed by atoms with Crippen LogP contribution in [0.5, 0.6) is 5.75 Å². The van der Waals surface area contributed by atoms with Gasteiger partial charge in [-0.25, -0.2) is 8.42 Å². The molecule has 0 unspecified atom stereocenters. The van der Waals surface area contributed by atoms with Crippen molar-refractivity contribution in [1.82, 2.24) is 9.21 Å². The number of hydrogen-bond acceptors (Lipinski definition) is 5. The summed E-state index contributed by atoms with van der Waals surface area (Å²) in [6.45, 7) is 12.0. The minimum Gasteiger partial charge on any atom is -0.481 e. The Kier molecular flexibility index (Phi) is 10.9. The molecule has 0 bridgehead atoms. The highest BCUT2D eigenvalue weighted by atomic mass is 32.2. The van der Waals surface area contributed by atoms with Crippen molar-refractivity contribution in [2.24, 2.45) is 5.92 Å². The zero-order valence-corrected chi connectivity index (χ0v) is 19.4. The number of ether oxygens (including phenoxy) is 1. The molecule has 0 amide bonds. The Morgan fingerprint density at radius 3 is 2.20 bits per heavy atom. The predicted molar refractivity (Wildman–Crippen MR) is 118 cm³/mol. The molecule has 168 valence electrons. The van der Waals surface area contributed by atoms with Crippen molar-refractivity contribution in [2.75, 3.05) is 32.8 Å². The molecule has 0 aliphatic rings. The molecule has 1 aromatic rings. The second kappa shape index (κ2) is 12.6. The first kappa shape index (κ1) is 26.0. The van der Waals surface area contributed by atoms with Gasteiger partial charge in [0.15, 0.2) is 0 Å². The molecule has 1 N–H and O–H groups in total. The second-order valence-electron chi connectivity index (χ2n) is 7.21. The van der Waals surface area contributed by atoms with Crippen LogP contribution in [0.1, 0.15) is 41.0 Å². The largest absolute Gasteiger partial charge is 0.481 e. The van der Waals surface area contributed by atoms with Crippen molar-refractivity contribution in [3.8, 4) is 17.6 Å². The molecule has 0 saturated heterocycles. The van der Waals surface area contributed by atoms with E-state index in [1.165, 1.54) is 12.1 Å². The van der Waals surface area contributed by atoms with Crippen LogP contribution >= 0.6 is 0 Å². The molecular formula is C22H34N2O5S. The number of hydrogen-bond donors (Lipinski definition) is 1. The molecule has 0 aliphatic heterocycles. The van der Waals surface area contributed by atoms with E-state index in [9.17, 15) is 18.3 Å². The van der Waals surface area contributed by atoms with Crippen LogP contribution in [-0.2, 0) is 14.8 Å². The summed E-state index contributed by atoms with van der Waals surface area (Å²) in [6, 6.07) is 4.87. The van der Waals surface area contributed by atoms with Gasteiger partial charge in [-0.3, -0.25) is 4.79 Å². The van der Waals surface area contributed by atoms with Gasteiger partial charge >= 0.3 is 5.97 Å². The number of rotatable bonds is 13. The summed E-state index contributed by atoms with van der Waals surface area (Å²) < 4.78 is 33.3. The minimum absolute atomic E-state index is 0.0474. The second-order valence-corrected chi connectivity index (χ2v) is 9.10. The summed E-state index contributed by atoms with van der Waals surface area (Å²) >= 11 is 0. The Bertz CT molecular complexity index is 821. The molecule has 0 heterocycles. The van der Waals surface area contributed by atoms with E-state index in [-0.39, 0.29) is 24.0 Å². The number of sulfonamides is 1. The van der Waals surface area contributed by atoms with Crippen molar-refractivity contribution in [2.45, 2.75) is 52.0 Å². The summed E-state index contributed by atoms with van der Waals surface area (Å²) in [5.74, 6) is 4.48. The van der Waals surface area contributed by atoms with Crippen molar-refractivity contribution >= 4 is 16.0 Å². The third-order valence-electron chi connectivity index (χ3n) is 4.86. The Hall–Kier alpha value is -2.08. The van der Waals surface area contributed by atoms with Gasteiger partial charge < -0.3 is 14.7 Å². The fraction of sp³-hybridized carbons (Fsp3) is 0.591. The summed E-state index contributed by atoms with van der Waals surface area (Å²) in [4.78, 5) is 14.2. The monoisotopic (exact) mass is 438 g/mol. The summed E-state index contributed by atoms with van der Waals surface area (Å²) in [7, 11) is -3.99. The lowest BCUT2D eigenvalue weighted by Gasteiger charge is -2.31. The van der Waals surface area contributed by atoms with Crippen LogP contribution < -0.4 is 4.74 Å². The Balaban J connectivity index is 3.15. The normalized spacial score (nSPS) is 12.7. The van der Waals surface area contributed by atoms with Gasteiger partial charge in [0.25, 0.3) is 0 Å². The average molecular weight is 439 g/mol. The van der Waals surface area contributed by atoms with Crippen LogP contribution in [0, 0.1) is 17.8 Å². The first-order valence-electron chi connectivity index (χ1n) is 10.3. The zero-order chi connectivity index (χ0) is 22.7. The SMILES string of the molecule is CC#CCOc1ccc(S(=O)(=O)N(CCCN(CC)CC)[C@H](C(=O)O)C(C)C)cc1. The number of carboxylic acids is 1. The van der Waals surface area contributed by atoms with Crippen LogP contribution in [0.2, 0.25) is 0 Å². The van der Waals surface area contributed by atoms with Gasteiger partial charge in [-0.15, -0.1) is 5.92 Å². The lowest BCUT2D eigenvalue weighted by molar-refractivity contribution is -0.143. The number of aliphatic carboxylic acids is 1. The molecule has 0 aliphatic carbocycles. The van der Waals surface area contributed by atoms with Crippen molar-refractivity contribution < 1.29 is 23.1 Å². The molecular weight excluding hydrogens is 404 g/mol. The van der Waals surface area contributed by atoms with Gasteiger partial charge in [-0.2, -0.15) is 4.31 Å². The highest BCUT2D eigenvalue weighted by Crippen LogP contribution is 2.24. The molecule has 0 saturated carbocycles. The smallest absolute Gasteiger partial charge is 0.322 e. The quantitative estimate of drug-likeness (QED) is 0.477. The predicted octanol–water partition coefficient (Wildman–Crippen LogP) is 2.92. The lowest BCUT2D eigenvalue weighted by atomic mass is 10.0. The molecule has 0 fully saturated rings. The highest BCUT2D eigenvalue weighted by molar-refractivity contribution is 7.89. The van der Waals surface area contributed by atoms with E-state index in [1.54, 1.807) is 32.9 Å². The van der Waals surface area contributed by atoms with E-state index >= 15 is 0 Å². The van der Waals surface area contributed by atoms with Crippen LogP contribution in [0.4, 0.5) is 0 Å². The number of benzene rings is 1. The van der Waals surface area contributed by atoms with Crippen molar-refractivity contribution in [1.29, 1.82) is 0 Å². The molecule has 30 heavy (non-hydrogen) atoms. The fourth-order valence-electron chi connectivity index (χ4n) is 3.17. The molecule has 8 heteroatoms. The van der Waals surface area contributed by atoms with Crippen LogP contribution in [0.15, 0.2) is 29.2 Å². The van der Waals surface area contributed by atoms with E-state index in [0.29, 0.717) is 18.7 Å². The van der Waals surface area contributed by atoms with Gasteiger partial charge in [-0.05, 0) is 63.2 Å². The lowest BCUT2D eigenvalue weighted by Crippen LogP contribution is -2.48. The third kappa shape index (κ3) is 7.31. The molecule has 0 spiro atoms.